The molecule has 18 heavy (non-hydrogen) atoms. The van der Waals surface area contributed by atoms with Gasteiger partial charge in [-0.2, -0.15) is 0 Å². The van der Waals surface area contributed by atoms with E-state index in [1.165, 1.54) is 12.1 Å². The maximum absolute atomic E-state index is 13.6. The average Bonchev–Trinajstić information content (AvgIpc) is 2.84. The first kappa shape index (κ1) is 13.0. The maximum atomic E-state index is 13.6. The van der Waals surface area contributed by atoms with Crippen LogP contribution in [0.25, 0.3) is 0 Å². The molecule has 1 aliphatic heterocycles. The number of benzene rings is 1. The average molecular weight is 254 g/mol. The van der Waals surface area contributed by atoms with Gasteiger partial charge in [-0.25, -0.2) is 4.39 Å². The third-order valence-electron chi connectivity index (χ3n) is 2.96. The van der Waals surface area contributed by atoms with Crippen LogP contribution in [0.1, 0.15) is 24.3 Å². The molecule has 1 aliphatic rings. The molecule has 0 radical (unpaired) electrons. The Bertz CT molecular complexity index is 415. The Kier molecular flexibility index (Phi) is 4.28. The fraction of sp³-hybridized carbons (Fsp3) is 0.462. The van der Waals surface area contributed by atoms with Gasteiger partial charge < -0.3 is 14.6 Å². The Balaban J connectivity index is 2.04. The molecule has 0 amide bonds. The predicted octanol–water partition coefficient (Wildman–Crippen LogP) is 2.15. The molecule has 1 N–H and O–H groups in total. The number of rotatable bonds is 5. The summed E-state index contributed by atoms with van der Waals surface area (Å²) in [7, 11) is 0. The summed E-state index contributed by atoms with van der Waals surface area (Å²) in [5, 5.41) is 9.18. The zero-order chi connectivity index (χ0) is 13.0. The van der Waals surface area contributed by atoms with Crippen molar-refractivity contribution >= 4 is 5.97 Å². The van der Waals surface area contributed by atoms with Gasteiger partial charge in [0.15, 0.2) is 6.29 Å². The lowest BCUT2D eigenvalue weighted by Gasteiger charge is -2.15. The van der Waals surface area contributed by atoms with E-state index in [4.69, 9.17) is 9.47 Å². The maximum Gasteiger partial charge on any atom is 0.311 e. The predicted molar refractivity (Wildman–Crippen MR) is 61.7 cm³/mol. The third kappa shape index (κ3) is 3.05. The van der Waals surface area contributed by atoms with Gasteiger partial charge in [0.1, 0.15) is 5.82 Å². The summed E-state index contributed by atoms with van der Waals surface area (Å²) in [6.45, 7) is 1.06. The minimum atomic E-state index is -1.03. The van der Waals surface area contributed by atoms with Crippen LogP contribution in [0, 0.1) is 5.82 Å². The molecule has 1 unspecified atom stereocenters. The molecule has 0 bridgehead atoms. The highest BCUT2D eigenvalue weighted by atomic mass is 19.1. The molecule has 4 nitrogen and oxygen atoms in total. The highest BCUT2D eigenvalue weighted by Crippen LogP contribution is 2.26. The van der Waals surface area contributed by atoms with Crippen molar-refractivity contribution in [2.75, 3.05) is 13.2 Å². The molecular weight excluding hydrogens is 239 g/mol. The van der Waals surface area contributed by atoms with Gasteiger partial charge in [0.2, 0.25) is 0 Å². The highest BCUT2D eigenvalue weighted by molar-refractivity contribution is 5.76. The van der Waals surface area contributed by atoms with Crippen molar-refractivity contribution in [2.24, 2.45) is 0 Å². The largest absolute Gasteiger partial charge is 0.481 e. The van der Waals surface area contributed by atoms with Crippen LogP contribution in [-0.2, 0) is 14.3 Å². The number of carbonyl (C=O) groups is 1. The summed E-state index contributed by atoms with van der Waals surface area (Å²) >= 11 is 0. The number of hydrogen-bond donors (Lipinski definition) is 1. The summed E-state index contributed by atoms with van der Waals surface area (Å²) in [6.07, 6.45) is 0.380. The minimum Gasteiger partial charge on any atom is -0.481 e. The van der Waals surface area contributed by atoms with E-state index in [-0.39, 0.29) is 11.9 Å². The van der Waals surface area contributed by atoms with E-state index in [0.717, 1.165) is 0 Å². The number of halogens is 1. The standard InChI is InChI=1S/C13H15FO4/c14-11-4-2-1-3-9(11)10(13(15)16)5-6-12-17-7-8-18-12/h1-4,10,12H,5-8H2,(H,15,16). The molecule has 2 rings (SSSR count). The summed E-state index contributed by atoms with van der Waals surface area (Å²) in [5.41, 5.74) is 0.211. The van der Waals surface area contributed by atoms with Crippen molar-refractivity contribution in [3.8, 4) is 0 Å². The number of carboxylic acids is 1. The summed E-state index contributed by atoms with van der Waals surface area (Å²) in [5.74, 6) is -2.38. The molecule has 0 aromatic heterocycles. The van der Waals surface area contributed by atoms with E-state index >= 15 is 0 Å². The Morgan fingerprint density at radius 3 is 2.67 bits per heavy atom. The normalized spacial score (nSPS) is 17.8. The van der Waals surface area contributed by atoms with Gasteiger partial charge in [0.05, 0.1) is 19.1 Å². The second-order valence-corrected chi connectivity index (χ2v) is 4.16. The van der Waals surface area contributed by atoms with Gasteiger partial charge in [-0.3, -0.25) is 4.79 Å². The monoisotopic (exact) mass is 254 g/mol. The lowest BCUT2D eigenvalue weighted by Crippen LogP contribution is -2.17. The summed E-state index contributed by atoms with van der Waals surface area (Å²) < 4.78 is 24.1. The van der Waals surface area contributed by atoms with Gasteiger partial charge in [0.25, 0.3) is 0 Å². The molecule has 5 heteroatoms. The quantitative estimate of drug-likeness (QED) is 0.874. The van der Waals surface area contributed by atoms with E-state index < -0.39 is 17.7 Å². The first-order valence-electron chi connectivity index (χ1n) is 5.89. The van der Waals surface area contributed by atoms with E-state index in [1.807, 2.05) is 0 Å². The van der Waals surface area contributed by atoms with Crippen LogP contribution in [0.3, 0.4) is 0 Å². The first-order chi connectivity index (χ1) is 8.68. The van der Waals surface area contributed by atoms with Crippen LogP contribution in [0.2, 0.25) is 0 Å². The zero-order valence-corrected chi connectivity index (χ0v) is 9.84. The second-order valence-electron chi connectivity index (χ2n) is 4.16. The number of ether oxygens (including phenoxy) is 2. The molecule has 1 fully saturated rings. The molecule has 1 aromatic carbocycles. The molecule has 0 saturated carbocycles. The molecule has 1 atom stereocenters. The zero-order valence-electron chi connectivity index (χ0n) is 9.84. The molecule has 98 valence electrons. The molecule has 1 heterocycles. The number of carboxylic acid groups (broad SMARTS) is 1. The van der Waals surface area contributed by atoms with Crippen LogP contribution >= 0.6 is 0 Å². The minimum absolute atomic E-state index is 0.211. The SMILES string of the molecule is O=C(O)C(CCC1OCCO1)c1ccccc1F. The van der Waals surface area contributed by atoms with Gasteiger partial charge in [-0.05, 0) is 18.9 Å². The topological polar surface area (TPSA) is 55.8 Å². The Morgan fingerprint density at radius 1 is 1.39 bits per heavy atom. The summed E-state index contributed by atoms with van der Waals surface area (Å²) in [4.78, 5) is 11.2. The van der Waals surface area contributed by atoms with Gasteiger partial charge in [-0.15, -0.1) is 0 Å². The van der Waals surface area contributed by atoms with Crippen LogP contribution in [-0.4, -0.2) is 30.6 Å². The Hall–Kier alpha value is -1.46. The van der Waals surface area contributed by atoms with E-state index in [1.54, 1.807) is 12.1 Å². The van der Waals surface area contributed by atoms with Crippen LogP contribution < -0.4 is 0 Å². The number of aliphatic carboxylic acids is 1. The van der Waals surface area contributed by atoms with Crippen molar-refractivity contribution < 1.29 is 23.8 Å². The van der Waals surface area contributed by atoms with Crippen molar-refractivity contribution in [1.29, 1.82) is 0 Å². The second kappa shape index (κ2) is 5.93. The molecule has 0 spiro atoms. The van der Waals surface area contributed by atoms with Gasteiger partial charge >= 0.3 is 5.97 Å². The summed E-state index contributed by atoms with van der Waals surface area (Å²) in [6, 6.07) is 5.95. The van der Waals surface area contributed by atoms with Crippen molar-refractivity contribution in [3.05, 3.63) is 35.6 Å². The molecular formula is C13H15FO4. The first-order valence-corrected chi connectivity index (χ1v) is 5.89. The van der Waals surface area contributed by atoms with Crippen LogP contribution in [0.4, 0.5) is 4.39 Å². The Morgan fingerprint density at radius 2 is 2.06 bits per heavy atom. The highest BCUT2D eigenvalue weighted by Gasteiger charge is 2.25. The van der Waals surface area contributed by atoms with Crippen LogP contribution in [0.15, 0.2) is 24.3 Å². The number of hydrogen-bond acceptors (Lipinski definition) is 3. The van der Waals surface area contributed by atoms with E-state index in [2.05, 4.69) is 0 Å². The van der Waals surface area contributed by atoms with Crippen molar-refractivity contribution in [1.82, 2.24) is 0 Å². The molecule has 1 saturated heterocycles. The fourth-order valence-electron chi connectivity index (χ4n) is 2.05. The lowest BCUT2D eigenvalue weighted by molar-refractivity contribution is -0.139. The van der Waals surface area contributed by atoms with Crippen molar-refractivity contribution in [3.63, 3.8) is 0 Å². The van der Waals surface area contributed by atoms with Gasteiger partial charge in [-0.1, -0.05) is 18.2 Å². The molecule has 1 aromatic rings. The molecule has 0 aliphatic carbocycles. The Labute approximate surface area is 104 Å². The smallest absolute Gasteiger partial charge is 0.311 e. The third-order valence-corrected chi connectivity index (χ3v) is 2.96. The van der Waals surface area contributed by atoms with Crippen LogP contribution in [0.5, 0.6) is 0 Å². The van der Waals surface area contributed by atoms with E-state index in [0.29, 0.717) is 26.1 Å². The lowest BCUT2D eigenvalue weighted by atomic mass is 9.94. The van der Waals surface area contributed by atoms with E-state index in [9.17, 15) is 14.3 Å². The van der Waals surface area contributed by atoms with Gasteiger partial charge in [0, 0.05) is 5.56 Å². The van der Waals surface area contributed by atoms with Crippen molar-refractivity contribution in [2.45, 2.75) is 25.0 Å². The fourth-order valence-corrected chi connectivity index (χ4v) is 2.05.